The Bertz CT molecular complexity index is 319. The van der Waals surface area contributed by atoms with Crippen LogP contribution < -0.4 is 10.6 Å². The molecule has 0 amide bonds. The van der Waals surface area contributed by atoms with E-state index in [0.717, 1.165) is 18.8 Å². The van der Waals surface area contributed by atoms with Crippen LogP contribution in [0.1, 0.15) is 12.8 Å². The monoisotopic (exact) mass is 209 g/mol. The van der Waals surface area contributed by atoms with Gasteiger partial charge in [-0.2, -0.15) is 5.10 Å². The number of nitrogens with one attached hydrogen (secondary N) is 1. The second kappa shape index (κ2) is 4.10. The Labute approximate surface area is 90.2 Å². The first kappa shape index (κ1) is 10.3. The Morgan fingerprint density at radius 3 is 3.07 bits per heavy atom. The Hall–Kier alpha value is -1.23. The lowest BCUT2D eigenvalue weighted by molar-refractivity contribution is 0.372. The van der Waals surface area contributed by atoms with Crippen LogP contribution in [0.25, 0.3) is 0 Å². The van der Waals surface area contributed by atoms with Crippen molar-refractivity contribution in [3.63, 3.8) is 0 Å². The zero-order valence-electron chi connectivity index (χ0n) is 9.40. The predicted molar refractivity (Wildman–Crippen MR) is 61.9 cm³/mol. The second-order valence-corrected chi connectivity index (χ2v) is 4.42. The molecule has 0 radical (unpaired) electrons. The molecule has 2 rings (SSSR count). The van der Waals surface area contributed by atoms with E-state index in [4.69, 9.17) is 5.73 Å². The first-order valence-electron chi connectivity index (χ1n) is 5.38. The van der Waals surface area contributed by atoms with Crippen molar-refractivity contribution in [3.05, 3.63) is 6.20 Å². The summed E-state index contributed by atoms with van der Waals surface area (Å²) in [4.78, 5) is 4.58. The molecule has 5 heteroatoms. The lowest BCUT2D eigenvalue weighted by Gasteiger charge is -2.28. The molecule has 5 nitrogen and oxygen atoms in total. The highest BCUT2D eigenvalue weighted by molar-refractivity contribution is 5.63. The van der Waals surface area contributed by atoms with E-state index in [1.165, 1.54) is 12.8 Å². The van der Waals surface area contributed by atoms with Gasteiger partial charge in [-0.25, -0.2) is 0 Å². The van der Waals surface area contributed by atoms with Gasteiger partial charge in [-0.3, -0.25) is 5.10 Å². The topological polar surface area (TPSA) is 61.2 Å². The predicted octanol–water partition coefficient (Wildman–Crippen LogP) is 0.522. The van der Waals surface area contributed by atoms with Crippen LogP contribution in [-0.4, -0.2) is 48.3 Å². The summed E-state index contributed by atoms with van der Waals surface area (Å²) in [6.45, 7) is 2.16. The van der Waals surface area contributed by atoms with Crippen LogP contribution in [-0.2, 0) is 0 Å². The summed E-state index contributed by atoms with van der Waals surface area (Å²) in [5.74, 6) is 0.681. The average molecular weight is 209 g/mol. The molecule has 15 heavy (non-hydrogen) atoms. The minimum Gasteiger partial charge on any atom is -0.382 e. The van der Waals surface area contributed by atoms with E-state index in [9.17, 15) is 0 Å². The number of rotatable bonds is 3. The van der Waals surface area contributed by atoms with E-state index in [1.54, 1.807) is 0 Å². The highest BCUT2D eigenvalue weighted by Crippen LogP contribution is 2.28. The van der Waals surface area contributed by atoms with E-state index in [-0.39, 0.29) is 0 Å². The molecule has 1 atom stereocenters. The SMILES string of the molecule is CN(C)CC1CCCN1c1cn[nH]c1N. The molecule has 0 aliphatic carbocycles. The largest absolute Gasteiger partial charge is 0.382 e. The standard InChI is InChI=1S/C10H19N5/c1-14(2)7-8-4-3-5-15(8)9-6-12-13-10(9)11/h6,8H,3-5,7H2,1-2H3,(H3,11,12,13). The van der Waals surface area contributed by atoms with Crippen molar-refractivity contribution in [2.24, 2.45) is 0 Å². The van der Waals surface area contributed by atoms with Crippen molar-refractivity contribution in [2.45, 2.75) is 18.9 Å². The van der Waals surface area contributed by atoms with Crippen molar-refractivity contribution >= 4 is 11.5 Å². The molecule has 84 valence electrons. The van der Waals surface area contributed by atoms with Crippen LogP contribution >= 0.6 is 0 Å². The molecular weight excluding hydrogens is 190 g/mol. The smallest absolute Gasteiger partial charge is 0.142 e. The van der Waals surface area contributed by atoms with E-state index in [1.807, 2.05) is 6.20 Å². The summed E-state index contributed by atoms with van der Waals surface area (Å²) < 4.78 is 0. The van der Waals surface area contributed by atoms with Gasteiger partial charge in [0, 0.05) is 19.1 Å². The highest BCUT2D eigenvalue weighted by Gasteiger charge is 2.26. The van der Waals surface area contributed by atoms with E-state index >= 15 is 0 Å². The number of aromatic amines is 1. The molecule has 1 aromatic heterocycles. The van der Waals surface area contributed by atoms with Crippen LogP contribution in [0.3, 0.4) is 0 Å². The van der Waals surface area contributed by atoms with Gasteiger partial charge < -0.3 is 15.5 Å². The fourth-order valence-electron chi connectivity index (χ4n) is 2.28. The van der Waals surface area contributed by atoms with Crippen molar-refractivity contribution in [3.8, 4) is 0 Å². The van der Waals surface area contributed by atoms with Crippen LogP contribution in [0.4, 0.5) is 11.5 Å². The number of likely N-dealkylation sites (N-methyl/N-ethyl adjacent to an activating group) is 1. The number of nitrogens with zero attached hydrogens (tertiary/aromatic N) is 3. The summed E-state index contributed by atoms with van der Waals surface area (Å²) in [6.07, 6.45) is 4.30. The summed E-state index contributed by atoms with van der Waals surface area (Å²) in [6, 6.07) is 0.569. The second-order valence-electron chi connectivity index (χ2n) is 4.42. The maximum atomic E-state index is 5.84. The van der Waals surface area contributed by atoms with Crippen LogP contribution in [0.15, 0.2) is 6.20 Å². The van der Waals surface area contributed by atoms with Gasteiger partial charge >= 0.3 is 0 Å². The Morgan fingerprint density at radius 2 is 2.47 bits per heavy atom. The minimum atomic E-state index is 0.569. The highest BCUT2D eigenvalue weighted by atomic mass is 15.3. The van der Waals surface area contributed by atoms with Crippen LogP contribution in [0.5, 0.6) is 0 Å². The molecular formula is C10H19N5. The summed E-state index contributed by atoms with van der Waals surface area (Å²) in [5.41, 5.74) is 6.90. The maximum absolute atomic E-state index is 5.84. The maximum Gasteiger partial charge on any atom is 0.142 e. The molecule has 0 bridgehead atoms. The zero-order chi connectivity index (χ0) is 10.8. The summed E-state index contributed by atoms with van der Waals surface area (Å²) in [5, 5.41) is 6.77. The Balaban J connectivity index is 2.11. The summed E-state index contributed by atoms with van der Waals surface area (Å²) >= 11 is 0. The molecule has 0 aromatic carbocycles. The number of H-pyrrole nitrogens is 1. The molecule has 1 saturated heterocycles. The molecule has 1 aliphatic heterocycles. The lowest BCUT2D eigenvalue weighted by Crippen LogP contribution is -2.37. The van der Waals surface area contributed by atoms with E-state index < -0.39 is 0 Å². The van der Waals surface area contributed by atoms with Gasteiger partial charge in [0.2, 0.25) is 0 Å². The number of hydrogen-bond acceptors (Lipinski definition) is 4. The Kier molecular flexibility index (Phi) is 2.81. The van der Waals surface area contributed by atoms with Gasteiger partial charge in [-0.05, 0) is 26.9 Å². The molecule has 2 heterocycles. The van der Waals surface area contributed by atoms with Crippen molar-refractivity contribution in [1.29, 1.82) is 0 Å². The number of hydrogen-bond donors (Lipinski definition) is 2. The number of aromatic nitrogens is 2. The molecule has 3 N–H and O–H groups in total. The summed E-state index contributed by atoms with van der Waals surface area (Å²) in [7, 11) is 4.21. The fourth-order valence-corrected chi connectivity index (χ4v) is 2.28. The Morgan fingerprint density at radius 1 is 1.67 bits per heavy atom. The van der Waals surface area contributed by atoms with Crippen LogP contribution in [0, 0.1) is 0 Å². The number of nitrogen functional groups attached to an aromatic ring is 1. The third-order valence-electron chi connectivity index (χ3n) is 2.91. The van der Waals surface area contributed by atoms with Crippen molar-refractivity contribution in [1.82, 2.24) is 15.1 Å². The van der Waals surface area contributed by atoms with Gasteiger partial charge in [0.25, 0.3) is 0 Å². The number of anilines is 2. The van der Waals surface area contributed by atoms with E-state index in [2.05, 4.69) is 34.1 Å². The van der Waals surface area contributed by atoms with Gasteiger partial charge in [-0.15, -0.1) is 0 Å². The quantitative estimate of drug-likeness (QED) is 0.762. The third-order valence-corrected chi connectivity index (χ3v) is 2.91. The molecule has 1 aliphatic rings. The fraction of sp³-hybridized carbons (Fsp3) is 0.700. The van der Waals surface area contributed by atoms with Gasteiger partial charge in [0.1, 0.15) is 5.82 Å². The molecule has 1 fully saturated rings. The van der Waals surface area contributed by atoms with Gasteiger partial charge in [0.05, 0.1) is 11.9 Å². The zero-order valence-corrected chi connectivity index (χ0v) is 9.40. The lowest BCUT2D eigenvalue weighted by atomic mass is 10.2. The van der Waals surface area contributed by atoms with Crippen molar-refractivity contribution in [2.75, 3.05) is 37.8 Å². The first-order valence-corrected chi connectivity index (χ1v) is 5.38. The van der Waals surface area contributed by atoms with Gasteiger partial charge in [-0.1, -0.05) is 0 Å². The number of nitrogens with two attached hydrogens (primary N) is 1. The minimum absolute atomic E-state index is 0.569. The first-order chi connectivity index (χ1) is 7.18. The third kappa shape index (κ3) is 2.07. The average Bonchev–Trinajstić information content (AvgIpc) is 2.73. The van der Waals surface area contributed by atoms with Gasteiger partial charge in [0.15, 0.2) is 0 Å². The molecule has 1 unspecified atom stereocenters. The molecule has 0 spiro atoms. The molecule has 0 saturated carbocycles. The van der Waals surface area contributed by atoms with Crippen LogP contribution in [0.2, 0.25) is 0 Å². The van der Waals surface area contributed by atoms with Crippen molar-refractivity contribution < 1.29 is 0 Å². The molecule has 1 aromatic rings. The normalized spacial score (nSPS) is 21.5. The van der Waals surface area contributed by atoms with E-state index in [0.29, 0.717) is 11.9 Å².